The maximum Gasteiger partial charge on any atom is 0.0818 e. The van der Waals surface area contributed by atoms with E-state index in [4.69, 9.17) is 4.74 Å². The minimum absolute atomic E-state index is 0.260. The number of hydrogen-bond acceptors (Lipinski definition) is 1. The highest BCUT2D eigenvalue weighted by Gasteiger charge is 2.04. The van der Waals surface area contributed by atoms with Crippen LogP contribution in [0.25, 0.3) is 0 Å². The van der Waals surface area contributed by atoms with E-state index < -0.39 is 0 Å². The molecule has 0 aromatic heterocycles. The number of methoxy groups -OCH3 is 1. The first-order valence-electron chi connectivity index (χ1n) is 3.96. The van der Waals surface area contributed by atoms with Gasteiger partial charge in [-0.05, 0) is 12.0 Å². The van der Waals surface area contributed by atoms with Crippen molar-refractivity contribution in [3.05, 3.63) is 35.9 Å². The van der Waals surface area contributed by atoms with E-state index in [9.17, 15) is 0 Å². The molecule has 0 amide bonds. The van der Waals surface area contributed by atoms with Gasteiger partial charge in [0.1, 0.15) is 0 Å². The van der Waals surface area contributed by atoms with Crippen LogP contribution in [0, 0.1) is 0 Å². The summed E-state index contributed by atoms with van der Waals surface area (Å²) in [5.74, 6) is 0. The number of benzene rings is 1. The highest BCUT2D eigenvalue weighted by atomic mass is 16.5. The van der Waals surface area contributed by atoms with Gasteiger partial charge in [0.25, 0.3) is 0 Å². The summed E-state index contributed by atoms with van der Waals surface area (Å²) in [5.41, 5.74) is 1.26. The van der Waals surface area contributed by atoms with Crippen molar-refractivity contribution in [2.75, 3.05) is 7.11 Å². The van der Waals surface area contributed by atoms with Crippen LogP contribution in [-0.4, -0.2) is 7.11 Å². The standard InChI is InChI=1S/C10H14O/c1-3-10(11-2)9-7-5-4-6-8-9/h4-8,10H,3H2,1-2H3/t10-/m0/s1. The fourth-order valence-corrected chi connectivity index (χ4v) is 1.21. The van der Waals surface area contributed by atoms with Gasteiger partial charge < -0.3 is 4.74 Å². The quantitative estimate of drug-likeness (QED) is 0.643. The predicted molar refractivity (Wildman–Crippen MR) is 46.5 cm³/mol. The Morgan fingerprint density at radius 1 is 1.27 bits per heavy atom. The van der Waals surface area contributed by atoms with Gasteiger partial charge in [0.05, 0.1) is 6.10 Å². The van der Waals surface area contributed by atoms with Gasteiger partial charge >= 0.3 is 0 Å². The van der Waals surface area contributed by atoms with Gasteiger partial charge in [-0.3, -0.25) is 0 Å². The molecule has 0 radical (unpaired) electrons. The van der Waals surface area contributed by atoms with Gasteiger partial charge in [-0.1, -0.05) is 37.3 Å². The van der Waals surface area contributed by atoms with E-state index in [2.05, 4.69) is 19.1 Å². The van der Waals surface area contributed by atoms with E-state index in [1.165, 1.54) is 5.56 Å². The molecule has 0 unspecified atom stereocenters. The number of hydrogen-bond donors (Lipinski definition) is 0. The first kappa shape index (κ1) is 8.28. The summed E-state index contributed by atoms with van der Waals surface area (Å²) < 4.78 is 5.29. The second-order valence-corrected chi connectivity index (χ2v) is 2.54. The maximum absolute atomic E-state index is 5.29. The Bertz CT molecular complexity index is 189. The molecular weight excluding hydrogens is 136 g/mol. The summed E-state index contributed by atoms with van der Waals surface area (Å²) in [6, 6.07) is 10.3. The van der Waals surface area contributed by atoms with Crippen LogP contribution < -0.4 is 0 Å². The van der Waals surface area contributed by atoms with Gasteiger partial charge in [-0.2, -0.15) is 0 Å². The van der Waals surface area contributed by atoms with Gasteiger partial charge in [0, 0.05) is 7.11 Å². The molecule has 0 heterocycles. The van der Waals surface area contributed by atoms with Crippen molar-refractivity contribution in [1.29, 1.82) is 0 Å². The van der Waals surface area contributed by atoms with Crippen molar-refractivity contribution in [1.82, 2.24) is 0 Å². The lowest BCUT2D eigenvalue weighted by Gasteiger charge is -2.12. The van der Waals surface area contributed by atoms with Crippen molar-refractivity contribution in [2.45, 2.75) is 19.4 Å². The van der Waals surface area contributed by atoms with Crippen LogP contribution in [0.15, 0.2) is 30.3 Å². The molecule has 1 aromatic carbocycles. The number of rotatable bonds is 3. The third kappa shape index (κ3) is 2.05. The lowest BCUT2D eigenvalue weighted by atomic mass is 10.1. The average Bonchev–Trinajstić information content (AvgIpc) is 2.09. The summed E-state index contributed by atoms with van der Waals surface area (Å²) in [7, 11) is 1.75. The molecular formula is C10H14O. The molecule has 0 saturated carbocycles. The van der Waals surface area contributed by atoms with Gasteiger partial charge in [0.2, 0.25) is 0 Å². The van der Waals surface area contributed by atoms with Crippen LogP contribution in [0.3, 0.4) is 0 Å². The lowest BCUT2D eigenvalue weighted by Crippen LogP contribution is -1.98. The number of ether oxygens (including phenoxy) is 1. The highest BCUT2D eigenvalue weighted by Crippen LogP contribution is 2.18. The molecule has 0 aliphatic rings. The van der Waals surface area contributed by atoms with Crippen LogP contribution in [0.5, 0.6) is 0 Å². The summed E-state index contributed by atoms with van der Waals surface area (Å²) in [6.07, 6.45) is 1.29. The maximum atomic E-state index is 5.29. The molecule has 1 aromatic rings. The highest BCUT2D eigenvalue weighted by molar-refractivity contribution is 5.17. The SMILES string of the molecule is CC[C@H](OC)c1ccccc1. The molecule has 0 saturated heterocycles. The molecule has 0 spiro atoms. The molecule has 0 aliphatic carbocycles. The Morgan fingerprint density at radius 3 is 2.36 bits per heavy atom. The molecule has 1 nitrogen and oxygen atoms in total. The molecule has 0 aliphatic heterocycles. The molecule has 0 fully saturated rings. The summed E-state index contributed by atoms with van der Waals surface area (Å²) in [5, 5.41) is 0. The first-order chi connectivity index (χ1) is 5.38. The lowest BCUT2D eigenvalue weighted by molar-refractivity contribution is 0.100. The minimum Gasteiger partial charge on any atom is -0.377 e. The molecule has 1 heteroatoms. The second kappa shape index (κ2) is 4.14. The fraction of sp³-hybridized carbons (Fsp3) is 0.400. The van der Waals surface area contributed by atoms with Crippen LogP contribution in [0.1, 0.15) is 25.0 Å². The van der Waals surface area contributed by atoms with Crippen molar-refractivity contribution in [2.24, 2.45) is 0 Å². The van der Waals surface area contributed by atoms with Crippen molar-refractivity contribution >= 4 is 0 Å². The molecule has 1 rings (SSSR count). The monoisotopic (exact) mass is 150 g/mol. The van der Waals surface area contributed by atoms with E-state index in [1.807, 2.05) is 18.2 Å². The van der Waals surface area contributed by atoms with Crippen molar-refractivity contribution in [3.8, 4) is 0 Å². The summed E-state index contributed by atoms with van der Waals surface area (Å²) in [6.45, 7) is 2.13. The van der Waals surface area contributed by atoms with Gasteiger partial charge in [0.15, 0.2) is 0 Å². The normalized spacial score (nSPS) is 12.9. The molecule has 1 atom stereocenters. The predicted octanol–water partition coefficient (Wildman–Crippen LogP) is 2.78. The first-order valence-corrected chi connectivity index (χ1v) is 3.96. The molecule has 0 N–H and O–H groups in total. The van der Waals surface area contributed by atoms with E-state index >= 15 is 0 Å². The Labute approximate surface area is 68.0 Å². The van der Waals surface area contributed by atoms with Gasteiger partial charge in [-0.15, -0.1) is 0 Å². The Hall–Kier alpha value is -0.820. The third-order valence-corrected chi connectivity index (χ3v) is 1.83. The van der Waals surface area contributed by atoms with Crippen molar-refractivity contribution < 1.29 is 4.74 Å². The van der Waals surface area contributed by atoms with Crippen LogP contribution in [-0.2, 0) is 4.74 Å². The van der Waals surface area contributed by atoms with E-state index in [1.54, 1.807) is 7.11 Å². The van der Waals surface area contributed by atoms with Crippen LogP contribution in [0.2, 0.25) is 0 Å². The van der Waals surface area contributed by atoms with Crippen LogP contribution in [0.4, 0.5) is 0 Å². The van der Waals surface area contributed by atoms with E-state index in [0.717, 1.165) is 6.42 Å². The Kier molecular flexibility index (Phi) is 3.12. The third-order valence-electron chi connectivity index (χ3n) is 1.83. The zero-order valence-corrected chi connectivity index (χ0v) is 7.08. The minimum atomic E-state index is 0.260. The fourth-order valence-electron chi connectivity index (χ4n) is 1.21. The zero-order chi connectivity index (χ0) is 8.10. The van der Waals surface area contributed by atoms with E-state index in [0.29, 0.717) is 0 Å². The summed E-state index contributed by atoms with van der Waals surface area (Å²) in [4.78, 5) is 0. The zero-order valence-electron chi connectivity index (χ0n) is 7.08. The topological polar surface area (TPSA) is 9.23 Å². The van der Waals surface area contributed by atoms with Crippen LogP contribution >= 0.6 is 0 Å². The average molecular weight is 150 g/mol. The molecule has 11 heavy (non-hydrogen) atoms. The second-order valence-electron chi connectivity index (χ2n) is 2.54. The smallest absolute Gasteiger partial charge is 0.0818 e. The molecule has 0 bridgehead atoms. The Morgan fingerprint density at radius 2 is 1.91 bits per heavy atom. The molecule has 60 valence electrons. The van der Waals surface area contributed by atoms with Gasteiger partial charge in [-0.25, -0.2) is 0 Å². The summed E-state index contributed by atoms with van der Waals surface area (Å²) >= 11 is 0. The largest absolute Gasteiger partial charge is 0.377 e. The van der Waals surface area contributed by atoms with Crippen molar-refractivity contribution in [3.63, 3.8) is 0 Å². The Balaban J connectivity index is 2.74. The van der Waals surface area contributed by atoms with E-state index in [-0.39, 0.29) is 6.10 Å².